The molecule has 1 saturated heterocycles. The maximum Gasteiger partial charge on any atom is 0.239 e. The summed E-state index contributed by atoms with van der Waals surface area (Å²) < 4.78 is 0. The minimum Gasteiger partial charge on any atom is -0.340 e. The van der Waals surface area contributed by atoms with Crippen molar-refractivity contribution in [3.05, 3.63) is 35.4 Å². The second kappa shape index (κ2) is 6.20. The number of likely N-dealkylation sites (N-methyl/N-ethyl adjacent to an activating group) is 1. The summed E-state index contributed by atoms with van der Waals surface area (Å²) in [6.07, 6.45) is 2.07. The summed E-state index contributed by atoms with van der Waals surface area (Å²) in [5.41, 5.74) is 2.54. The first-order valence-electron chi connectivity index (χ1n) is 7.15. The van der Waals surface area contributed by atoms with E-state index < -0.39 is 0 Å². The molecule has 0 aliphatic carbocycles. The largest absolute Gasteiger partial charge is 0.340 e. The molecule has 1 amide bonds. The Hall–Kier alpha value is -1.35. The van der Waals surface area contributed by atoms with E-state index in [1.165, 1.54) is 11.1 Å². The van der Waals surface area contributed by atoms with Crippen LogP contribution in [-0.2, 0) is 11.3 Å². The van der Waals surface area contributed by atoms with Crippen LogP contribution in [0.4, 0.5) is 0 Å². The summed E-state index contributed by atoms with van der Waals surface area (Å²) in [5, 5.41) is 3.26. The summed E-state index contributed by atoms with van der Waals surface area (Å²) >= 11 is 0. The van der Waals surface area contributed by atoms with Gasteiger partial charge >= 0.3 is 0 Å². The Morgan fingerprint density at radius 2 is 2.05 bits per heavy atom. The average molecular weight is 260 g/mol. The van der Waals surface area contributed by atoms with Gasteiger partial charge in [0.2, 0.25) is 5.91 Å². The van der Waals surface area contributed by atoms with E-state index in [0.717, 1.165) is 19.4 Å². The summed E-state index contributed by atoms with van der Waals surface area (Å²) in [5.74, 6) is 0.765. The smallest absolute Gasteiger partial charge is 0.239 e. The van der Waals surface area contributed by atoms with Crippen LogP contribution < -0.4 is 5.32 Å². The molecule has 1 aromatic rings. The highest BCUT2D eigenvalue weighted by molar-refractivity contribution is 5.81. The third-order valence-corrected chi connectivity index (χ3v) is 3.80. The maximum atomic E-state index is 12.2. The Bertz CT molecular complexity index is 419. The fourth-order valence-corrected chi connectivity index (χ4v) is 2.52. The van der Waals surface area contributed by atoms with Gasteiger partial charge in [0.1, 0.15) is 0 Å². The quantitative estimate of drug-likeness (QED) is 0.902. The Morgan fingerprint density at radius 3 is 2.58 bits per heavy atom. The van der Waals surface area contributed by atoms with Gasteiger partial charge in [-0.25, -0.2) is 0 Å². The van der Waals surface area contributed by atoms with Crippen LogP contribution in [0.5, 0.6) is 0 Å². The van der Waals surface area contributed by atoms with E-state index in [4.69, 9.17) is 0 Å². The Morgan fingerprint density at radius 1 is 1.37 bits per heavy atom. The third kappa shape index (κ3) is 3.57. The first kappa shape index (κ1) is 14.1. The number of rotatable bonds is 4. The molecule has 104 valence electrons. The lowest BCUT2D eigenvalue weighted by Crippen LogP contribution is -2.41. The van der Waals surface area contributed by atoms with Crippen LogP contribution in [-0.4, -0.2) is 30.4 Å². The molecule has 0 radical (unpaired) electrons. The number of hydrogen-bond donors (Lipinski definition) is 1. The number of amides is 1. The molecule has 0 bridgehead atoms. The molecule has 0 spiro atoms. The molecule has 3 heteroatoms. The molecule has 1 N–H and O–H groups in total. The molecule has 3 nitrogen and oxygen atoms in total. The van der Waals surface area contributed by atoms with Crippen LogP contribution in [0.25, 0.3) is 0 Å². The minimum absolute atomic E-state index is 0.0277. The van der Waals surface area contributed by atoms with Gasteiger partial charge in [-0.2, -0.15) is 0 Å². The Labute approximate surface area is 116 Å². The standard InChI is InChI=1S/C16H24N2O/c1-12(2)14-8-6-13(7-9-14)11-18(3)16(19)15-5-4-10-17-15/h6-9,12,15,17H,4-5,10-11H2,1-3H3/t15-/m0/s1. The molecular weight excluding hydrogens is 236 g/mol. The highest BCUT2D eigenvalue weighted by atomic mass is 16.2. The third-order valence-electron chi connectivity index (χ3n) is 3.80. The van der Waals surface area contributed by atoms with Gasteiger partial charge in [-0.15, -0.1) is 0 Å². The number of benzene rings is 1. The molecule has 0 aromatic heterocycles. The van der Waals surface area contributed by atoms with Gasteiger partial charge < -0.3 is 10.2 Å². The van der Waals surface area contributed by atoms with Gasteiger partial charge in [0, 0.05) is 13.6 Å². The topological polar surface area (TPSA) is 32.3 Å². The van der Waals surface area contributed by atoms with Gasteiger partial charge in [0.15, 0.2) is 0 Å². The lowest BCUT2D eigenvalue weighted by molar-refractivity contribution is -0.132. The molecular formula is C16H24N2O. The molecule has 1 fully saturated rings. The predicted octanol–water partition coefficient (Wildman–Crippen LogP) is 2.52. The van der Waals surface area contributed by atoms with Gasteiger partial charge in [0.05, 0.1) is 6.04 Å². The molecule has 0 saturated carbocycles. The van der Waals surface area contributed by atoms with Crippen molar-refractivity contribution in [2.45, 2.75) is 45.2 Å². The number of nitrogens with one attached hydrogen (secondary N) is 1. The molecule has 0 unspecified atom stereocenters. The summed E-state index contributed by atoms with van der Waals surface area (Å²) in [6.45, 7) is 6.04. The number of carbonyl (C=O) groups excluding carboxylic acids is 1. The van der Waals surface area contributed by atoms with Crippen LogP contribution >= 0.6 is 0 Å². The van der Waals surface area contributed by atoms with Gasteiger partial charge in [0.25, 0.3) is 0 Å². The van der Waals surface area contributed by atoms with E-state index in [2.05, 4.69) is 43.4 Å². The predicted molar refractivity (Wildman–Crippen MR) is 78.0 cm³/mol. The maximum absolute atomic E-state index is 12.2. The fraction of sp³-hybridized carbons (Fsp3) is 0.562. The van der Waals surface area contributed by atoms with Gasteiger partial charge in [-0.05, 0) is 36.4 Å². The lowest BCUT2D eigenvalue weighted by Gasteiger charge is -2.21. The second-order valence-electron chi connectivity index (χ2n) is 5.74. The van der Waals surface area contributed by atoms with E-state index in [9.17, 15) is 4.79 Å². The van der Waals surface area contributed by atoms with Crippen molar-refractivity contribution < 1.29 is 4.79 Å². The zero-order chi connectivity index (χ0) is 13.8. The molecule has 1 heterocycles. The highest BCUT2D eigenvalue weighted by Gasteiger charge is 2.24. The highest BCUT2D eigenvalue weighted by Crippen LogP contribution is 2.16. The van der Waals surface area contributed by atoms with E-state index in [-0.39, 0.29) is 11.9 Å². The van der Waals surface area contributed by atoms with Crippen molar-refractivity contribution in [3.63, 3.8) is 0 Å². The number of hydrogen-bond acceptors (Lipinski definition) is 2. The molecule has 19 heavy (non-hydrogen) atoms. The van der Waals surface area contributed by atoms with Crippen LogP contribution in [0, 0.1) is 0 Å². The number of carbonyl (C=O) groups is 1. The Kier molecular flexibility index (Phi) is 4.59. The fourth-order valence-electron chi connectivity index (χ4n) is 2.52. The summed E-state index contributed by atoms with van der Waals surface area (Å²) in [7, 11) is 1.89. The van der Waals surface area contributed by atoms with Crippen LogP contribution in [0.1, 0.15) is 43.7 Å². The van der Waals surface area contributed by atoms with E-state index >= 15 is 0 Å². The van der Waals surface area contributed by atoms with Crippen molar-refractivity contribution in [1.82, 2.24) is 10.2 Å². The van der Waals surface area contributed by atoms with E-state index in [1.54, 1.807) is 0 Å². The van der Waals surface area contributed by atoms with Crippen LogP contribution in [0.15, 0.2) is 24.3 Å². The second-order valence-corrected chi connectivity index (χ2v) is 5.74. The van der Waals surface area contributed by atoms with Crippen LogP contribution in [0.3, 0.4) is 0 Å². The first-order valence-corrected chi connectivity index (χ1v) is 7.15. The van der Waals surface area contributed by atoms with E-state index in [0.29, 0.717) is 12.5 Å². The average Bonchev–Trinajstić information content (AvgIpc) is 2.92. The normalized spacial score (nSPS) is 18.8. The zero-order valence-electron chi connectivity index (χ0n) is 12.1. The van der Waals surface area contributed by atoms with Gasteiger partial charge in [-0.3, -0.25) is 4.79 Å². The van der Waals surface area contributed by atoms with Crippen molar-refractivity contribution in [3.8, 4) is 0 Å². The van der Waals surface area contributed by atoms with Crippen molar-refractivity contribution >= 4 is 5.91 Å². The molecule has 1 aliphatic rings. The molecule has 1 atom stereocenters. The van der Waals surface area contributed by atoms with Crippen molar-refractivity contribution in [2.75, 3.05) is 13.6 Å². The first-order chi connectivity index (χ1) is 9.08. The SMILES string of the molecule is CC(C)c1ccc(CN(C)C(=O)[C@@H]2CCCN2)cc1. The lowest BCUT2D eigenvalue weighted by atomic mass is 10.0. The van der Waals surface area contributed by atoms with Crippen LogP contribution in [0.2, 0.25) is 0 Å². The Balaban J connectivity index is 1.94. The summed E-state index contributed by atoms with van der Waals surface area (Å²) in [6, 6.07) is 8.60. The van der Waals surface area contributed by atoms with Crippen molar-refractivity contribution in [2.24, 2.45) is 0 Å². The number of nitrogens with zero attached hydrogens (tertiary/aromatic N) is 1. The van der Waals surface area contributed by atoms with Crippen molar-refractivity contribution in [1.29, 1.82) is 0 Å². The van der Waals surface area contributed by atoms with E-state index in [1.807, 2.05) is 11.9 Å². The molecule has 1 aromatic carbocycles. The minimum atomic E-state index is 0.0277. The molecule has 2 rings (SSSR count). The monoisotopic (exact) mass is 260 g/mol. The summed E-state index contributed by atoms with van der Waals surface area (Å²) in [4.78, 5) is 14.0. The molecule has 1 aliphatic heterocycles. The zero-order valence-corrected chi connectivity index (χ0v) is 12.1. The van der Waals surface area contributed by atoms with Gasteiger partial charge in [-0.1, -0.05) is 38.1 Å².